The zero-order valence-corrected chi connectivity index (χ0v) is 14.8. The third-order valence-corrected chi connectivity index (χ3v) is 6.37. The first-order valence-corrected chi connectivity index (χ1v) is 9.88. The number of carbonyl (C=O) groups is 1. The smallest absolute Gasteiger partial charge is 0.379 e. The monoisotopic (exact) mass is 396 g/mol. The molecule has 1 amide bonds. The minimum Gasteiger partial charge on any atom is -0.379 e. The van der Waals surface area contributed by atoms with Crippen molar-refractivity contribution in [2.24, 2.45) is 0 Å². The van der Waals surface area contributed by atoms with Crippen molar-refractivity contribution in [3.05, 3.63) is 29.3 Å². The van der Waals surface area contributed by atoms with Crippen molar-refractivity contribution >= 4 is 33.2 Å². The van der Waals surface area contributed by atoms with Gasteiger partial charge in [0.15, 0.2) is 15.4 Å². The second-order valence-electron chi connectivity index (χ2n) is 5.39. The van der Waals surface area contributed by atoms with Gasteiger partial charge in [-0.15, -0.1) is 11.8 Å². The van der Waals surface area contributed by atoms with Gasteiger partial charge in [-0.05, 0) is 31.4 Å². The number of nitriles is 1. The summed E-state index contributed by atoms with van der Waals surface area (Å²) in [6.07, 6.45) is -3.28. The number of rotatable bonds is 6. The van der Waals surface area contributed by atoms with Crippen molar-refractivity contribution < 1.29 is 31.5 Å². The molecule has 1 rings (SSSR count). The first kappa shape index (κ1) is 21.3. The lowest BCUT2D eigenvalue weighted by molar-refractivity contribution is -0.137. The summed E-state index contributed by atoms with van der Waals surface area (Å²) in [6, 6.07) is 3.87. The minimum absolute atomic E-state index is 0.314. The van der Waals surface area contributed by atoms with E-state index in [4.69, 9.17) is 5.26 Å². The molecule has 0 aromatic heterocycles. The van der Waals surface area contributed by atoms with Crippen molar-refractivity contribution in [3.63, 3.8) is 0 Å². The highest BCUT2D eigenvalue weighted by molar-refractivity contribution is 8.12. The number of thioether (sulfide) groups is 1. The molecule has 1 unspecified atom stereocenters. The Hall–Kier alpha value is -1.77. The molecular weight excluding hydrogens is 381 g/mol. The molecule has 0 radical (unpaired) electrons. The number of alkyl halides is 3. The van der Waals surface area contributed by atoms with E-state index in [0.717, 1.165) is 30.8 Å². The number of benzene rings is 1. The van der Waals surface area contributed by atoms with Gasteiger partial charge < -0.3 is 10.4 Å². The Morgan fingerprint density at radius 3 is 2.48 bits per heavy atom. The Bertz CT molecular complexity index is 799. The molecule has 0 fully saturated rings. The van der Waals surface area contributed by atoms with E-state index in [0.29, 0.717) is 6.07 Å². The number of carbonyl (C=O) groups excluding carboxylic acids is 1. The number of amides is 1. The Labute approximate surface area is 146 Å². The highest BCUT2D eigenvalue weighted by atomic mass is 32.3. The van der Waals surface area contributed by atoms with Crippen LogP contribution in [-0.2, 0) is 20.8 Å². The van der Waals surface area contributed by atoms with Crippen LogP contribution in [0.3, 0.4) is 0 Å². The molecule has 1 atom stereocenters. The fourth-order valence-corrected chi connectivity index (χ4v) is 4.69. The molecule has 138 valence electrons. The second kappa shape index (κ2) is 7.63. The molecule has 1 aromatic carbocycles. The van der Waals surface area contributed by atoms with Gasteiger partial charge in [0, 0.05) is 5.69 Å². The fraction of sp³-hybridized carbons (Fsp3) is 0.429. The minimum atomic E-state index is -4.81. The van der Waals surface area contributed by atoms with Crippen LogP contribution in [0.4, 0.5) is 18.9 Å². The number of nitrogens with zero attached hydrogens (tertiary/aromatic N) is 1. The molecule has 0 aliphatic rings. The van der Waals surface area contributed by atoms with Gasteiger partial charge >= 0.3 is 6.18 Å². The fourth-order valence-electron chi connectivity index (χ4n) is 1.93. The van der Waals surface area contributed by atoms with E-state index >= 15 is 0 Å². The third kappa shape index (κ3) is 5.91. The molecule has 2 N–H and O–H groups in total. The molecular formula is C14H15F3N2O4S2. The third-order valence-electron chi connectivity index (χ3n) is 2.99. The van der Waals surface area contributed by atoms with Gasteiger partial charge in [0.2, 0.25) is 0 Å². The lowest BCUT2D eigenvalue weighted by Gasteiger charge is -2.22. The molecule has 0 heterocycles. The van der Waals surface area contributed by atoms with Crippen LogP contribution in [0.15, 0.2) is 18.2 Å². The van der Waals surface area contributed by atoms with Gasteiger partial charge in [0.1, 0.15) is 0 Å². The summed E-state index contributed by atoms with van der Waals surface area (Å²) in [5.74, 6) is -2.05. The van der Waals surface area contributed by atoms with Gasteiger partial charge in [-0.3, -0.25) is 4.79 Å². The number of anilines is 1. The van der Waals surface area contributed by atoms with Gasteiger partial charge in [-0.2, -0.15) is 18.4 Å². The van der Waals surface area contributed by atoms with Crippen LogP contribution < -0.4 is 5.32 Å². The first-order valence-electron chi connectivity index (χ1n) is 6.67. The van der Waals surface area contributed by atoms with Crippen LogP contribution in [-0.4, -0.2) is 42.1 Å². The van der Waals surface area contributed by atoms with E-state index in [-0.39, 0.29) is 10.8 Å². The van der Waals surface area contributed by atoms with Crippen LogP contribution in [0.5, 0.6) is 0 Å². The van der Waals surface area contributed by atoms with E-state index in [2.05, 4.69) is 0 Å². The van der Waals surface area contributed by atoms with Crippen molar-refractivity contribution in [2.45, 2.75) is 18.7 Å². The highest BCUT2D eigenvalue weighted by Gasteiger charge is 2.37. The quantitative estimate of drug-likeness (QED) is 0.762. The van der Waals surface area contributed by atoms with E-state index < -0.39 is 44.4 Å². The second-order valence-corrected chi connectivity index (χ2v) is 8.69. The van der Waals surface area contributed by atoms with Gasteiger partial charge in [-0.1, -0.05) is 0 Å². The number of sulfone groups is 1. The molecule has 0 aliphatic heterocycles. The summed E-state index contributed by atoms with van der Waals surface area (Å²) in [5.41, 5.74) is -4.53. The van der Waals surface area contributed by atoms with E-state index in [1.807, 2.05) is 5.32 Å². The summed E-state index contributed by atoms with van der Waals surface area (Å²) < 4.78 is 62.2. The molecule has 0 bridgehead atoms. The maximum atomic E-state index is 12.9. The number of hydrogen-bond acceptors (Lipinski definition) is 6. The predicted octanol–water partition coefficient (Wildman–Crippen LogP) is 2.00. The van der Waals surface area contributed by atoms with Gasteiger partial charge in [0.25, 0.3) is 5.91 Å². The molecule has 25 heavy (non-hydrogen) atoms. The van der Waals surface area contributed by atoms with Crippen molar-refractivity contribution in [1.82, 2.24) is 0 Å². The first-order chi connectivity index (χ1) is 11.3. The van der Waals surface area contributed by atoms with Crippen LogP contribution in [0.1, 0.15) is 18.1 Å². The largest absolute Gasteiger partial charge is 0.417 e. The van der Waals surface area contributed by atoms with Crippen LogP contribution in [0.2, 0.25) is 0 Å². The van der Waals surface area contributed by atoms with Crippen molar-refractivity contribution in [2.75, 3.05) is 22.4 Å². The van der Waals surface area contributed by atoms with E-state index in [1.54, 1.807) is 0 Å². The Balaban J connectivity index is 3.06. The lowest BCUT2D eigenvalue weighted by Crippen LogP contribution is -2.46. The van der Waals surface area contributed by atoms with Gasteiger partial charge in [0.05, 0.1) is 28.0 Å². The van der Waals surface area contributed by atoms with E-state index in [9.17, 15) is 31.5 Å². The normalized spacial score (nSPS) is 14.4. The zero-order valence-electron chi connectivity index (χ0n) is 13.2. The lowest BCUT2D eigenvalue weighted by atomic mass is 10.1. The Morgan fingerprint density at radius 1 is 1.40 bits per heavy atom. The average Bonchev–Trinajstić information content (AvgIpc) is 2.44. The standard InChI is InChI=1S/C14H15F3N2O4S2/c1-13(21,7-25(22,23)8-24-2)12(20)19-10-4-3-9(6-18)11(5-10)14(15,16)17/h3-5,21H,7-8H2,1-2H3,(H,19,20). The maximum absolute atomic E-state index is 12.9. The molecule has 11 heteroatoms. The summed E-state index contributed by atoms with van der Waals surface area (Å²) in [7, 11) is -3.74. The molecule has 0 aliphatic carbocycles. The average molecular weight is 396 g/mol. The molecule has 1 aromatic rings. The van der Waals surface area contributed by atoms with E-state index in [1.165, 1.54) is 12.3 Å². The Morgan fingerprint density at radius 2 is 2.00 bits per heavy atom. The zero-order chi connectivity index (χ0) is 19.5. The predicted molar refractivity (Wildman–Crippen MR) is 87.6 cm³/mol. The number of aliphatic hydroxyl groups is 1. The summed E-state index contributed by atoms with van der Waals surface area (Å²) in [4.78, 5) is 12.1. The highest BCUT2D eigenvalue weighted by Crippen LogP contribution is 2.33. The summed E-state index contributed by atoms with van der Waals surface area (Å²) in [5, 5.41) is 20.5. The topological polar surface area (TPSA) is 107 Å². The van der Waals surface area contributed by atoms with Crippen molar-refractivity contribution in [1.29, 1.82) is 5.26 Å². The number of nitrogens with one attached hydrogen (secondary N) is 1. The maximum Gasteiger partial charge on any atom is 0.417 e. The summed E-state index contributed by atoms with van der Waals surface area (Å²) in [6.45, 7) is 0.953. The molecule has 0 spiro atoms. The SMILES string of the molecule is CSCS(=O)(=O)CC(C)(O)C(=O)Nc1ccc(C#N)c(C(F)(F)F)c1. The summed E-state index contributed by atoms with van der Waals surface area (Å²) >= 11 is 0.987. The van der Waals surface area contributed by atoms with Crippen LogP contribution in [0, 0.1) is 11.3 Å². The molecule has 0 saturated heterocycles. The van der Waals surface area contributed by atoms with Gasteiger partial charge in [-0.25, -0.2) is 8.42 Å². The molecule has 6 nitrogen and oxygen atoms in total. The number of hydrogen-bond donors (Lipinski definition) is 2. The van der Waals surface area contributed by atoms with Crippen LogP contribution in [0.25, 0.3) is 0 Å². The van der Waals surface area contributed by atoms with Crippen molar-refractivity contribution in [3.8, 4) is 6.07 Å². The number of halogens is 3. The van der Waals surface area contributed by atoms with Crippen LogP contribution >= 0.6 is 11.8 Å². The molecule has 0 saturated carbocycles. The Kier molecular flexibility index (Phi) is 6.50.